The van der Waals surface area contributed by atoms with Gasteiger partial charge in [-0.1, -0.05) is 37.3 Å². The van der Waals surface area contributed by atoms with Gasteiger partial charge in [0.25, 0.3) is 10.2 Å². The first-order valence-electron chi connectivity index (χ1n) is 9.54. The van der Waals surface area contributed by atoms with Crippen molar-refractivity contribution in [2.45, 2.75) is 32.6 Å². The molecule has 1 unspecified atom stereocenters. The fraction of sp³-hybridized carbons (Fsp3) is 0.632. The third-order valence-electron chi connectivity index (χ3n) is 5.33. The standard InChI is InChI=1S/C19H29N3O3S/c1-17-6-5-11-22(16-17)26(24,25)21-14-12-20(13-15-21)19(23)10-9-18-7-3-2-4-8-18/h2-4,7-8,17H,5-6,9-16H2,1H3. The molecule has 0 saturated carbocycles. The van der Waals surface area contributed by atoms with Crippen LogP contribution in [0.3, 0.4) is 0 Å². The van der Waals surface area contributed by atoms with Crippen molar-refractivity contribution in [3.63, 3.8) is 0 Å². The van der Waals surface area contributed by atoms with E-state index in [4.69, 9.17) is 0 Å². The summed E-state index contributed by atoms with van der Waals surface area (Å²) < 4.78 is 28.8. The predicted molar refractivity (Wildman–Crippen MR) is 102 cm³/mol. The average Bonchev–Trinajstić information content (AvgIpc) is 2.67. The molecule has 2 heterocycles. The van der Waals surface area contributed by atoms with Crippen molar-refractivity contribution in [3.8, 4) is 0 Å². The van der Waals surface area contributed by atoms with Gasteiger partial charge in [0, 0.05) is 45.7 Å². The molecule has 0 radical (unpaired) electrons. The van der Waals surface area contributed by atoms with Gasteiger partial charge in [0.05, 0.1) is 0 Å². The highest BCUT2D eigenvalue weighted by molar-refractivity contribution is 7.86. The quantitative estimate of drug-likeness (QED) is 0.783. The van der Waals surface area contributed by atoms with Gasteiger partial charge >= 0.3 is 0 Å². The molecular formula is C19H29N3O3S. The summed E-state index contributed by atoms with van der Waals surface area (Å²) in [6.45, 7) is 5.08. The van der Waals surface area contributed by atoms with Gasteiger partial charge < -0.3 is 4.90 Å². The largest absolute Gasteiger partial charge is 0.340 e. The molecule has 3 rings (SSSR count). The highest BCUT2D eigenvalue weighted by atomic mass is 32.2. The monoisotopic (exact) mass is 379 g/mol. The molecule has 0 aromatic heterocycles. The van der Waals surface area contributed by atoms with Gasteiger partial charge in [-0.2, -0.15) is 17.0 Å². The minimum absolute atomic E-state index is 0.109. The summed E-state index contributed by atoms with van der Waals surface area (Å²) in [5, 5.41) is 0. The third kappa shape index (κ3) is 4.64. The van der Waals surface area contributed by atoms with Crippen molar-refractivity contribution in [3.05, 3.63) is 35.9 Å². The number of piperidine rings is 1. The van der Waals surface area contributed by atoms with Gasteiger partial charge in [-0.05, 0) is 30.7 Å². The number of rotatable bonds is 5. The molecule has 0 N–H and O–H groups in total. The van der Waals surface area contributed by atoms with E-state index in [1.807, 2.05) is 30.3 Å². The summed E-state index contributed by atoms with van der Waals surface area (Å²) in [5.74, 6) is 0.525. The van der Waals surface area contributed by atoms with Crippen molar-refractivity contribution in [1.82, 2.24) is 13.5 Å². The Morgan fingerprint density at radius 2 is 1.73 bits per heavy atom. The van der Waals surface area contributed by atoms with E-state index in [1.165, 1.54) is 0 Å². The molecule has 0 spiro atoms. The summed E-state index contributed by atoms with van der Waals surface area (Å²) in [5.41, 5.74) is 1.15. The van der Waals surface area contributed by atoms with Gasteiger partial charge in [0.1, 0.15) is 0 Å². The Balaban J connectivity index is 1.49. The van der Waals surface area contributed by atoms with Crippen molar-refractivity contribution < 1.29 is 13.2 Å². The number of hydrogen-bond acceptors (Lipinski definition) is 3. The Morgan fingerprint density at radius 3 is 2.38 bits per heavy atom. The SMILES string of the molecule is CC1CCCN(S(=O)(=O)N2CCN(C(=O)CCc3ccccc3)CC2)C1. The molecular weight excluding hydrogens is 350 g/mol. The molecule has 144 valence electrons. The molecule has 2 aliphatic rings. The van der Waals surface area contributed by atoms with Gasteiger partial charge in [-0.25, -0.2) is 0 Å². The van der Waals surface area contributed by atoms with E-state index in [2.05, 4.69) is 6.92 Å². The number of amides is 1. The first kappa shape index (κ1) is 19.3. The zero-order chi connectivity index (χ0) is 18.6. The molecule has 0 bridgehead atoms. The van der Waals surface area contributed by atoms with E-state index in [0.29, 0.717) is 51.6 Å². The smallest absolute Gasteiger partial charge is 0.282 e. The molecule has 7 heteroatoms. The molecule has 26 heavy (non-hydrogen) atoms. The number of aryl methyl sites for hydroxylation is 1. The van der Waals surface area contributed by atoms with Crippen molar-refractivity contribution in [1.29, 1.82) is 0 Å². The zero-order valence-electron chi connectivity index (χ0n) is 15.5. The fourth-order valence-electron chi connectivity index (χ4n) is 3.74. The highest BCUT2D eigenvalue weighted by Crippen LogP contribution is 2.21. The first-order chi connectivity index (χ1) is 12.5. The maximum Gasteiger partial charge on any atom is 0.282 e. The third-order valence-corrected chi connectivity index (χ3v) is 7.34. The number of hydrogen-bond donors (Lipinski definition) is 0. The van der Waals surface area contributed by atoms with E-state index < -0.39 is 10.2 Å². The topological polar surface area (TPSA) is 60.9 Å². The molecule has 6 nitrogen and oxygen atoms in total. The zero-order valence-corrected chi connectivity index (χ0v) is 16.3. The lowest BCUT2D eigenvalue weighted by Crippen LogP contribution is -2.55. The maximum atomic E-state index is 12.8. The minimum atomic E-state index is -3.39. The fourth-order valence-corrected chi connectivity index (χ4v) is 5.50. The van der Waals surface area contributed by atoms with E-state index in [1.54, 1.807) is 13.5 Å². The van der Waals surface area contributed by atoms with E-state index in [0.717, 1.165) is 24.8 Å². The van der Waals surface area contributed by atoms with Crippen LogP contribution in [0.4, 0.5) is 0 Å². The minimum Gasteiger partial charge on any atom is -0.340 e. The van der Waals surface area contributed by atoms with Crippen LogP contribution in [0.1, 0.15) is 31.7 Å². The lowest BCUT2D eigenvalue weighted by Gasteiger charge is -2.38. The van der Waals surface area contributed by atoms with Crippen LogP contribution in [0.15, 0.2) is 30.3 Å². The molecule has 2 fully saturated rings. The van der Waals surface area contributed by atoms with Gasteiger partial charge in [-0.3, -0.25) is 4.79 Å². The summed E-state index contributed by atoms with van der Waals surface area (Å²) >= 11 is 0. The van der Waals surface area contributed by atoms with Crippen LogP contribution in [0, 0.1) is 5.92 Å². The second-order valence-corrected chi connectivity index (χ2v) is 9.31. The summed E-state index contributed by atoms with van der Waals surface area (Å²) in [6.07, 6.45) is 3.22. The molecule has 1 amide bonds. The molecule has 2 saturated heterocycles. The van der Waals surface area contributed by atoms with Crippen LogP contribution in [0.5, 0.6) is 0 Å². The summed E-state index contributed by atoms with van der Waals surface area (Å²) in [6, 6.07) is 9.97. The molecule has 1 aromatic rings. The summed E-state index contributed by atoms with van der Waals surface area (Å²) in [7, 11) is -3.39. The Kier molecular flexibility index (Phi) is 6.32. The van der Waals surface area contributed by atoms with Crippen LogP contribution < -0.4 is 0 Å². The highest BCUT2D eigenvalue weighted by Gasteiger charge is 2.35. The van der Waals surface area contributed by atoms with E-state index in [-0.39, 0.29) is 5.91 Å². The predicted octanol–water partition coefficient (Wildman–Crippen LogP) is 1.74. The second kappa shape index (κ2) is 8.50. The lowest BCUT2D eigenvalue weighted by atomic mass is 10.0. The normalized spacial score (nSPS) is 23.1. The Bertz CT molecular complexity index is 700. The van der Waals surface area contributed by atoms with Gasteiger partial charge in [0.15, 0.2) is 0 Å². The number of carbonyl (C=O) groups is 1. The van der Waals surface area contributed by atoms with Crippen LogP contribution >= 0.6 is 0 Å². The van der Waals surface area contributed by atoms with Crippen LogP contribution in [-0.2, 0) is 21.4 Å². The maximum absolute atomic E-state index is 12.8. The van der Waals surface area contributed by atoms with Crippen LogP contribution in [0.2, 0.25) is 0 Å². The first-order valence-corrected chi connectivity index (χ1v) is 10.9. The lowest BCUT2D eigenvalue weighted by molar-refractivity contribution is -0.132. The molecule has 2 aliphatic heterocycles. The van der Waals surface area contributed by atoms with E-state index in [9.17, 15) is 13.2 Å². The van der Waals surface area contributed by atoms with Crippen molar-refractivity contribution in [2.75, 3.05) is 39.3 Å². The Labute approximate surface area is 157 Å². The Hall–Kier alpha value is -1.44. The summed E-state index contributed by atoms with van der Waals surface area (Å²) in [4.78, 5) is 14.2. The molecule has 1 atom stereocenters. The van der Waals surface area contributed by atoms with Crippen molar-refractivity contribution in [2.24, 2.45) is 5.92 Å². The number of benzene rings is 1. The molecule has 0 aliphatic carbocycles. The van der Waals surface area contributed by atoms with Crippen LogP contribution in [0.25, 0.3) is 0 Å². The Morgan fingerprint density at radius 1 is 1.04 bits per heavy atom. The average molecular weight is 380 g/mol. The van der Waals surface area contributed by atoms with E-state index >= 15 is 0 Å². The van der Waals surface area contributed by atoms with Crippen LogP contribution in [-0.4, -0.2) is 67.1 Å². The van der Waals surface area contributed by atoms with Gasteiger partial charge in [0.2, 0.25) is 5.91 Å². The second-order valence-electron chi connectivity index (χ2n) is 7.38. The van der Waals surface area contributed by atoms with Crippen molar-refractivity contribution >= 4 is 16.1 Å². The number of carbonyl (C=O) groups excluding carboxylic acids is 1. The van der Waals surface area contributed by atoms with Gasteiger partial charge in [-0.15, -0.1) is 0 Å². The number of nitrogens with zero attached hydrogens (tertiary/aromatic N) is 3. The molecule has 1 aromatic carbocycles. The number of piperazine rings is 1.